The lowest BCUT2D eigenvalue weighted by Gasteiger charge is -2.18. The van der Waals surface area contributed by atoms with Crippen LogP contribution in [0.4, 0.5) is 0 Å². The molecule has 1 atom stereocenters. The fourth-order valence-corrected chi connectivity index (χ4v) is 1.72. The summed E-state index contributed by atoms with van der Waals surface area (Å²) >= 11 is 0. The van der Waals surface area contributed by atoms with E-state index in [2.05, 4.69) is 16.0 Å². The van der Waals surface area contributed by atoms with Crippen LogP contribution in [-0.2, 0) is 25.6 Å². The quantitative estimate of drug-likeness (QED) is 0.420. The minimum Gasteiger partial charge on any atom is -0.480 e. The average molecular weight is 307 g/mol. The predicted molar refractivity (Wildman–Crippen MR) is 76.8 cm³/mol. The minimum atomic E-state index is -1.18. The van der Waals surface area contributed by atoms with Crippen molar-refractivity contribution >= 4 is 24.2 Å². The van der Waals surface area contributed by atoms with Crippen LogP contribution in [0.25, 0.3) is 0 Å². The second kappa shape index (κ2) is 9.11. The van der Waals surface area contributed by atoms with Crippen molar-refractivity contribution in [3.63, 3.8) is 0 Å². The molecule has 0 bridgehead atoms. The van der Waals surface area contributed by atoms with E-state index >= 15 is 0 Å². The van der Waals surface area contributed by atoms with Crippen molar-refractivity contribution < 1.29 is 24.3 Å². The molecule has 0 fully saturated rings. The normalized spacial score (nSPS) is 11.1. The zero-order valence-electron chi connectivity index (χ0n) is 11.7. The molecule has 0 aliphatic rings. The molecule has 0 aliphatic carbocycles. The van der Waals surface area contributed by atoms with Crippen LogP contribution in [0.2, 0.25) is 0 Å². The molecule has 1 aromatic rings. The summed E-state index contributed by atoms with van der Waals surface area (Å²) in [5, 5.41) is 15.4. The average Bonchev–Trinajstić information content (AvgIpc) is 2.51. The Labute approximate surface area is 126 Å². The monoisotopic (exact) mass is 307 g/mol. The Bertz CT molecular complexity index is 533. The van der Waals surface area contributed by atoms with E-state index in [9.17, 15) is 19.2 Å². The highest BCUT2D eigenvalue weighted by molar-refractivity contribution is 5.90. The fraction of sp³-hybridized carbons (Fsp3) is 0.286. The molecule has 0 spiro atoms. The molecule has 4 N–H and O–H groups in total. The van der Waals surface area contributed by atoms with Crippen molar-refractivity contribution in [1.82, 2.24) is 16.0 Å². The molecular weight excluding hydrogens is 290 g/mol. The van der Waals surface area contributed by atoms with Gasteiger partial charge < -0.3 is 21.1 Å². The zero-order chi connectivity index (χ0) is 16.4. The first-order chi connectivity index (χ1) is 10.5. The topological polar surface area (TPSA) is 125 Å². The SMILES string of the molecule is O=CNCC(=O)NC(Cc1ccccc1)C(=O)NCC(=O)O. The molecule has 0 aromatic heterocycles. The van der Waals surface area contributed by atoms with Gasteiger partial charge in [0.15, 0.2) is 0 Å². The van der Waals surface area contributed by atoms with E-state index in [1.54, 1.807) is 24.3 Å². The lowest BCUT2D eigenvalue weighted by Crippen LogP contribution is -2.50. The molecule has 3 amide bonds. The van der Waals surface area contributed by atoms with Crippen molar-refractivity contribution in [2.24, 2.45) is 0 Å². The number of carboxylic acid groups (broad SMARTS) is 1. The van der Waals surface area contributed by atoms with Gasteiger partial charge in [-0.1, -0.05) is 30.3 Å². The molecule has 0 saturated heterocycles. The lowest BCUT2D eigenvalue weighted by molar-refractivity contribution is -0.138. The van der Waals surface area contributed by atoms with E-state index in [0.29, 0.717) is 6.41 Å². The molecular formula is C14H17N3O5. The van der Waals surface area contributed by atoms with Gasteiger partial charge in [-0.25, -0.2) is 0 Å². The van der Waals surface area contributed by atoms with Crippen molar-refractivity contribution in [1.29, 1.82) is 0 Å². The number of carbonyl (C=O) groups excluding carboxylic acids is 3. The smallest absolute Gasteiger partial charge is 0.322 e. The first-order valence-corrected chi connectivity index (χ1v) is 6.52. The third-order valence-corrected chi connectivity index (χ3v) is 2.69. The second-order valence-electron chi connectivity index (χ2n) is 4.42. The number of amides is 3. The van der Waals surface area contributed by atoms with Crippen LogP contribution in [0.15, 0.2) is 30.3 Å². The fourth-order valence-electron chi connectivity index (χ4n) is 1.72. The van der Waals surface area contributed by atoms with Gasteiger partial charge in [0.05, 0.1) is 6.54 Å². The number of aliphatic carboxylic acids is 1. The van der Waals surface area contributed by atoms with Gasteiger partial charge in [-0.3, -0.25) is 19.2 Å². The largest absolute Gasteiger partial charge is 0.480 e. The van der Waals surface area contributed by atoms with Crippen LogP contribution in [0.3, 0.4) is 0 Å². The number of hydrogen-bond donors (Lipinski definition) is 4. The molecule has 22 heavy (non-hydrogen) atoms. The molecule has 118 valence electrons. The maximum Gasteiger partial charge on any atom is 0.322 e. The Balaban J connectivity index is 2.70. The van der Waals surface area contributed by atoms with Gasteiger partial charge in [-0.2, -0.15) is 0 Å². The molecule has 8 heteroatoms. The summed E-state index contributed by atoms with van der Waals surface area (Å²) in [6, 6.07) is 8.04. The maximum absolute atomic E-state index is 12.0. The molecule has 0 radical (unpaired) electrons. The van der Waals surface area contributed by atoms with E-state index in [-0.39, 0.29) is 13.0 Å². The summed E-state index contributed by atoms with van der Waals surface area (Å²) in [7, 11) is 0. The third-order valence-electron chi connectivity index (χ3n) is 2.69. The second-order valence-corrected chi connectivity index (χ2v) is 4.42. The number of carbonyl (C=O) groups is 4. The van der Waals surface area contributed by atoms with Crippen molar-refractivity contribution in [2.75, 3.05) is 13.1 Å². The Hall–Kier alpha value is -2.90. The third kappa shape index (κ3) is 6.51. The van der Waals surface area contributed by atoms with Crippen LogP contribution in [0.5, 0.6) is 0 Å². The highest BCUT2D eigenvalue weighted by Gasteiger charge is 2.21. The van der Waals surface area contributed by atoms with Crippen LogP contribution in [0.1, 0.15) is 5.56 Å². The number of nitrogens with one attached hydrogen (secondary N) is 3. The molecule has 0 aliphatic heterocycles. The Morgan fingerprint density at radius 2 is 1.82 bits per heavy atom. The maximum atomic E-state index is 12.0. The van der Waals surface area contributed by atoms with Crippen molar-refractivity contribution in [3.05, 3.63) is 35.9 Å². The van der Waals surface area contributed by atoms with Gasteiger partial charge in [-0.05, 0) is 5.56 Å². The van der Waals surface area contributed by atoms with E-state index in [1.807, 2.05) is 6.07 Å². The molecule has 8 nitrogen and oxygen atoms in total. The Kier molecular flexibility index (Phi) is 7.10. The Morgan fingerprint density at radius 1 is 1.14 bits per heavy atom. The molecule has 1 aromatic carbocycles. The Morgan fingerprint density at radius 3 is 2.41 bits per heavy atom. The lowest BCUT2D eigenvalue weighted by atomic mass is 10.1. The summed E-state index contributed by atoms with van der Waals surface area (Å²) in [6.45, 7) is -0.798. The van der Waals surface area contributed by atoms with Crippen LogP contribution in [-0.4, -0.2) is 48.4 Å². The summed E-state index contributed by atoms with van der Waals surface area (Å²) in [5.74, 6) is -2.33. The number of hydrogen-bond acceptors (Lipinski definition) is 4. The van der Waals surface area contributed by atoms with Crippen molar-refractivity contribution in [3.8, 4) is 0 Å². The van der Waals surface area contributed by atoms with E-state index in [1.165, 1.54) is 0 Å². The number of rotatable bonds is 9. The predicted octanol–water partition coefficient (Wildman–Crippen LogP) is -1.34. The summed E-state index contributed by atoms with van der Waals surface area (Å²) in [5.41, 5.74) is 0.807. The molecule has 0 heterocycles. The number of benzene rings is 1. The van der Waals surface area contributed by atoms with Crippen molar-refractivity contribution in [2.45, 2.75) is 12.5 Å². The summed E-state index contributed by atoms with van der Waals surface area (Å²) in [6.07, 6.45) is 0.579. The van der Waals surface area contributed by atoms with E-state index in [0.717, 1.165) is 5.56 Å². The van der Waals surface area contributed by atoms with Gasteiger partial charge in [0.2, 0.25) is 18.2 Å². The van der Waals surface area contributed by atoms with Crippen LogP contribution < -0.4 is 16.0 Å². The highest BCUT2D eigenvalue weighted by atomic mass is 16.4. The van der Waals surface area contributed by atoms with E-state index in [4.69, 9.17) is 5.11 Å². The standard InChI is InChI=1S/C14H17N3O5/c18-9-15-7-12(19)17-11(14(22)16-8-13(20)21)6-10-4-2-1-3-5-10/h1-5,9,11H,6-8H2,(H,15,18)(H,16,22)(H,17,19)(H,20,21). The number of carboxylic acids is 1. The van der Waals surface area contributed by atoms with Gasteiger partial charge in [0.25, 0.3) is 0 Å². The molecule has 1 unspecified atom stereocenters. The zero-order valence-corrected chi connectivity index (χ0v) is 11.7. The molecule has 0 saturated carbocycles. The highest BCUT2D eigenvalue weighted by Crippen LogP contribution is 2.03. The van der Waals surface area contributed by atoms with Crippen LogP contribution in [0, 0.1) is 0 Å². The first kappa shape index (κ1) is 17.2. The minimum absolute atomic E-state index is 0.207. The van der Waals surface area contributed by atoms with Crippen LogP contribution >= 0.6 is 0 Å². The van der Waals surface area contributed by atoms with Gasteiger partial charge in [0.1, 0.15) is 12.6 Å². The van der Waals surface area contributed by atoms with Gasteiger partial charge in [0, 0.05) is 6.42 Å². The molecule has 1 rings (SSSR count). The summed E-state index contributed by atoms with van der Waals surface area (Å²) < 4.78 is 0. The van der Waals surface area contributed by atoms with Gasteiger partial charge in [-0.15, -0.1) is 0 Å². The first-order valence-electron chi connectivity index (χ1n) is 6.52. The van der Waals surface area contributed by atoms with E-state index < -0.39 is 30.4 Å². The summed E-state index contributed by atoms with van der Waals surface area (Å²) in [4.78, 5) is 44.3. The van der Waals surface area contributed by atoms with Gasteiger partial charge >= 0.3 is 5.97 Å².